The number of nitrogens with one attached hydrogen (secondary N) is 3. The number of benzene rings is 2. The molecule has 2 aromatic rings. The zero-order valence-corrected chi connectivity index (χ0v) is 19.4. The number of methoxy groups -OCH3 is 1. The van der Waals surface area contributed by atoms with Gasteiger partial charge in [-0.15, -0.1) is 0 Å². The van der Waals surface area contributed by atoms with Crippen LogP contribution in [0.25, 0.3) is 0 Å². The van der Waals surface area contributed by atoms with Crippen molar-refractivity contribution in [3.05, 3.63) is 53.1 Å². The van der Waals surface area contributed by atoms with Crippen molar-refractivity contribution in [1.29, 1.82) is 0 Å². The number of rotatable bonds is 10. The van der Waals surface area contributed by atoms with Crippen molar-refractivity contribution in [2.45, 2.75) is 29.6 Å². The van der Waals surface area contributed by atoms with Gasteiger partial charge >= 0.3 is 6.03 Å². The first kappa shape index (κ1) is 24.9. The number of urea groups is 1. The van der Waals surface area contributed by atoms with Gasteiger partial charge in [-0.25, -0.2) is 31.1 Å². The summed E-state index contributed by atoms with van der Waals surface area (Å²) in [5.74, 6) is 0.168. The molecular formula is C19H24ClN3O6S2. The molecule has 12 heteroatoms. The second-order valence-electron chi connectivity index (χ2n) is 6.45. The maximum atomic E-state index is 12.5. The van der Waals surface area contributed by atoms with Gasteiger partial charge in [0.15, 0.2) is 0 Å². The SMILES string of the molecule is CCCNC(=O)NS(=O)(=O)c1ccc(CCNS(=O)(=O)c2cc(Cl)ccc2OC)cc1. The van der Waals surface area contributed by atoms with Crippen molar-refractivity contribution in [3.63, 3.8) is 0 Å². The molecule has 0 aliphatic carbocycles. The van der Waals surface area contributed by atoms with E-state index in [4.69, 9.17) is 16.3 Å². The third-order valence-corrected chi connectivity index (χ3v) is 7.18. The number of ether oxygens (including phenoxy) is 1. The summed E-state index contributed by atoms with van der Waals surface area (Å²) in [6, 6.07) is 9.28. The van der Waals surface area contributed by atoms with Crippen molar-refractivity contribution in [1.82, 2.24) is 14.8 Å². The number of carbonyl (C=O) groups is 1. The van der Waals surface area contributed by atoms with Crippen LogP contribution in [-0.2, 0) is 26.5 Å². The topological polar surface area (TPSA) is 131 Å². The molecule has 0 aliphatic heterocycles. The summed E-state index contributed by atoms with van der Waals surface area (Å²) in [6.45, 7) is 2.28. The first-order valence-corrected chi connectivity index (χ1v) is 12.7. The molecule has 3 N–H and O–H groups in total. The molecule has 0 heterocycles. The van der Waals surface area contributed by atoms with Gasteiger partial charge in [-0.3, -0.25) is 0 Å². The molecular weight excluding hydrogens is 466 g/mol. The summed E-state index contributed by atoms with van der Waals surface area (Å²) < 4.78 is 59.0. The van der Waals surface area contributed by atoms with E-state index in [-0.39, 0.29) is 27.1 Å². The predicted octanol–water partition coefficient (Wildman–Crippen LogP) is 2.27. The van der Waals surface area contributed by atoms with Crippen LogP contribution in [0.3, 0.4) is 0 Å². The van der Waals surface area contributed by atoms with Crippen molar-refractivity contribution >= 4 is 37.7 Å². The summed E-state index contributed by atoms with van der Waals surface area (Å²) in [5, 5.41) is 2.68. The van der Waals surface area contributed by atoms with Crippen LogP contribution in [0, 0.1) is 0 Å². The molecule has 2 aromatic carbocycles. The summed E-state index contributed by atoms with van der Waals surface area (Å²) >= 11 is 5.89. The lowest BCUT2D eigenvalue weighted by Gasteiger charge is -2.11. The maximum absolute atomic E-state index is 12.5. The maximum Gasteiger partial charge on any atom is 0.328 e. The van der Waals surface area contributed by atoms with Crippen molar-refractivity contribution in [3.8, 4) is 5.75 Å². The minimum Gasteiger partial charge on any atom is -0.495 e. The molecule has 0 fully saturated rings. The van der Waals surface area contributed by atoms with Gasteiger partial charge in [-0.2, -0.15) is 0 Å². The molecule has 2 amide bonds. The zero-order valence-electron chi connectivity index (χ0n) is 17.0. The third-order valence-electron chi connectivity index (χ3n) is 4.12. The number of sulfonamides is 2. The number of carbonyl (C=O) groups excluding carboxylic acids is 1. The van der Waals surface area contributed by atoms with Gasteiger partial charge in [0.1, 0.15) is 10.6 Å². The lowest BCUT2D eigenvalue weighted by molar-refractivity contribution is 0.246. The standard InChI is InChI=1S/C19H24ClN3O6S2/c1-3-11-21-19(24)23-30(25,26)16-7-4-14(5-8-16)10-12-22-31(27,28)18-13-15(20)6-9-17(18)29-2/h4-9,13,22H,3,10-12H2,1-2H3,(H2,21,23,24). The van der Waals surface area contributed by atoms with E-state index in [2.05, 4.69) is 10.0 Å². The largest absolute Gasteiger partial charge is 0.495 e. The average Bonchev–Trinajstić information content (AvgIpc) is 2.72. The molecule has 0 aromatic heterocycles. The zero-order chi connectivity index (χ0) is 23.1. The van der Waals surface area contributed by atoms with E-state index >= 15 is 0 Å². The number of hydrogen-bond acceptors (Lipinski definition) is 6. The highest BCUT2D eigenvalue weighted by Crippen LogP contribution is 2.26. The Labute approximate surface area is 187 Å². The lowest BCUT2D eigenvalue weighted by atomic mass is 10.2. The van der Waals surface area contributed by atoms with Crippen LogP contribution in [0.15, 0.2) is 52.3 Å². The highest BCUT2D eigenvalue weighted by Gasteiger charge is 2.20. The van der Waals surface area contributed by atoms with E-state index in [0.29, 0.717) is 24.9 Å². The van der Waals surface area contributed by atoms with Crippen molar-refractivity contribution < 1.29 is 26.4 Å². The smallest absolute Gasteiger partial charge is 0.328 e. The van der Waals surface area contributed by atoms with Crippen molar-refractivity contribution in [2.75, 3.05) is 20.2 Å². The van der Waals surface area contributed by atoms with E-state index in [0.717, 1.165) is 0 Å². The van der Waals surface area contributed by atoms with Gasteiger partial charge in [-0.1, -0.05) is 30.7 Å². The number of hydrogen-bond donors (Lipinski definition) is 3. The molecule has 31 heavy (non-hydrogen) atoms. The highest BCUT2D eigenvalue weighted by atomic mass is 35.5. The van der Waals surface area contributed by atoms with Crippen LogP contribution in [0.1, 0.15) is 18.9 Å². The molecule has 0 saturated heterocycles. The fraction of sp³-hybridized carbons (Fsp3) is 0.316. The Kier molecular flexibility index (Phi) is 8.69. The Bertz CT molecular complexity index is 1120. The van der Waals surface area contributed by atoms with E-state index < -0.39 is 26.1 Å². The fourth-order valence-corrected chi connectivity index (χ4v) is 4.95. The fourth-order valence-electron chi connectivity index (χ4n) is 2.56. The van der Waals surface area contributed by atoms with Gasteiger partial charge in [0, 0.05) is 18.1 Å². The summed E-state index contributed by atoms with van der Waals surface area (Å²) in [5.41, 5.74) is 0.704. The average molecular weight is 490 g/mol. The minimum absolute atomic E-state index is 0.0712. The molecule has 0 aliphatic rings. The van der Waals surface area contributed by atoms with Crippen LogP contribution < -0.4 is 19.5 Å². The summed E-state index contributed by atoms with van der Waals surface area (Å²) in [4.78, 5) is 11.4. The van der Waals surface area contributed by atoms with Crippen LogP contribution in [0.4, 0.5) is 4.79 Å². The van der Waals surface area contributed by atoms with Gasteiger partial charge in [0.25, 0.3) is 10.0 Å². The van der Waals surface area contributed by atoms with Crippen LogP contribution in [0.2, 0.25) is 5.02 Å². The van der Waals surface area contributed by atoms with Crippen LogP contribution in [0.5, 0.6) is 5.75 Å². The second-order valence-corrected chi connectivity index (χ2v) is 10.3. The molecule has 0 bridgehead atoms. The third kappa shape index (κ3) is 7.10. The summed E-state index contributed by atoms with van der Waals surface area (Å²) in [7, 11) is -6.50. The monoisotopic (exact) mass is 489 g/mol. The Balaban J connectivity index is 2.00. The molecule has 0 spiro atoms. The molecule has 170 valence electrons. The first-order valence-electron chi connectivity index (χ1n) is 9.32. The normalized spacial score (nSPS) is 11.7. The summed E-state index contributed by atoms with van der Waals surface area (Å²) in [6.07, 6.45) is 0.989. The van der Waals surface area contributed by atoms with Crippen LogP contribution >= 0.6 is 11.6 Å². The molecule has 0 atom stereocenters. The first-order chi connectivity index (χ1) is 14.6. The van der Waals surface area contributed by atoms with E-state index in [9.17, 15) is 21.6 Å². The molecule has 0 unspecified atom stereocenters. The Morgan fingerprint density at radius 3 is 2.29 bits per heavy atom. The molecule has 9 nitrogen and oxygen atoms in total. The molecule has 0 saturated carbocycles. The van der Waals surface area contributed by atoms with Gasteiger partial charge < -0.3 is 10.1 Å². The lowest BCUT2D eigenvalue weighted by Crippen LogP contribution is -2.39. The second kappa shape index (κ2) is 10.8. The van der Waals surface area contributed by atoms with Gasteiger partial charge in [0.05, 0.1) is 12.0 Å². The van der Waals surface area contributed by atoms with E-state index in [1.54, 1.807) is 12.1 Å². The van der Waals surface area contributed by atoms with Crippen LogP contribution in [-0.4, -0.2) is 43.1 Å². The van der Waals surface area contributed by atoms with E-state index in [1.165, 1.54) is 37.4 Å². The quantitative estimate of drug-likeness (QED) is 0.469. The van der Waals surface area contributed by atoms with Crippen molar-refractivity contribution in [2.24, 2.45) is 0 Å². The molecule has 0 radical (unpaired) electrons. The van der Waals surface area contributed by atoms with E-state index in [1.807, 2.05) is 11.6 Å². The highest BCUT2D eigenvalue weighted by molar-refractivity contribution is 7.90. The Hall–Kier alpha value is -2.34. The minimum atomic E-state index is -4.00. The molecule has 2 rings (SSSR count). The Morgan fingerprint density at radius 2 is 1.68 bits per heavy atom. The Morgan fingerprint density at radius 1 is 1.00 bits per heavy atom. The number of halogens is 1. The van der Waals surface area contributed by atoms with Gasteiger partial charge in [-0.05, 0) is 48.7 Å². The number of amides is 2. The predicted molar refractivity (Wildman–Crippen MR) is 117 cm³/mol. The van der Waals surface area contributed by atoms with Gasteiger partial charge in [0.2, 0.25) is 10.0 Å².